The minimum absolute atomic E-state index is 0.0683. The highest BCUT2D eigenvalue weighted by Crippen LogP contribution is 2.30. The second kappa shape index (κ2) is 12.7. The Morgan fingerprint density at radius 2 is 1.54 bits per heavy atom. The van der Waals surface area contributed by atoms with E-state index in [1.807, 2.05) is 24.3 Å². The molecule has 0 aromatic heterocycles. The molecular weight excluding hydrogens is 531 g/mol. The van der Waals surface area contributed by atoms with Gasteiger partial charge in [-0.3, -0.25) is 4.79 Å². The van der Waals surface area contributed by atoms with E-state index in [9.17, 15) is 22.8 Å². The topological polar surface area (TPSA) is 64.6 Å². The molecule has 0 bridgehead atoms. The molecule has 3 unspecified atom stereocenters. The largest absolute Gasteiger partial charge is 0.490 e. The third-order valence-corrected chi connectivity index (χ3v) is 7.36. The van der Waals surface area contributed by atoms with E-state index in [0.29, 0.717) is 18.7 Å². The number of fused-ring (bicyclic) bond motifs is 1. The van der Waals surface area contributed by atoms with Crippen molar-refractivity contribution in [2.45, 2.75) is 43.8 Å². The molecule has 3 atom stereocenters. The Kier molecular flexibility index (Phi) is 8.81. The predicted molar refractivity (Wildman–Crippen MR) is 150 cm³/mol. The van der Waals surface area contributed by atoms with Gasteiger partial charge < -0.3 is 14.8 Å². The molecule has 1 heterocycles. The molecule has 4 aromatic rings. The average molecular weight is 562 g/mol. The summed E-state index contributed by atoms with van der Waals surface area (Å²) in [5, 5.41) is 5.73. The second-order valence-electron chi connectivity index (χ2n) is 10.2. The number of ether oxygens (including phenoxy) is 2. The first-order valence-corrected chi connectivity index (χ1v) is 13.5. The van der Waals surface area contributed by atoms with Crippen LogP contribution in [0.4, 0.5) is 13.2 Å². The number of nitrogens with one attached hydrogen (secondary N) is 1. The van der Waals surface area contributed by atoms with Gasteiger partial charge in [0.25, 0.3) is 0 Å². The van der Waals surface area contributed by atoms with Crippen molar-refractivity contribution in [2.75, 3.05) is 13.1 Å². The molecule has 0 saturated carbocycles. The molecule has 1 aliphatic rings. The van der Waals surface area contributed by atoms with Crippen molar-refractivity contribution in [1.29, 1.82) is 0 Å². The molecule has 0 radical (unpaired) electrons. The van der Waals surface area contributed by atoms with Gasteiger partial charge in [0.05, 0.1) is 12.7 Å². The SMILES string of the molecule is O=C(c1ccccc1)C(Cc1ccc(C2CCNCC2OCc2ccc3ccccc3c2)cc1)OC(=O)C(F)(F)F. The van der Waals surface area contributed by atoms with Crippen LogP contribution in [0.15, 0.2) is 97.1 Å². The lowest BCUT2D eigenvalue weighted by molar-refractivity contribution is -0.202. The Hall–Kier alpha value is -4.01. The molecule has 5 rings (SSSR count). The van der Waals surface area contributed by atoms with Crippen molar-refractivity contribution < 1.29 is 32.2 Å². The zero-order valence-electron chi connectivity index (χ0n) is 22.3. The first-order chi connectivity index (χ1) is 19.8. The molecule has 212 valence electrons. The number of carbonyl (C=O) groups is 2. The minimum Gasteiger partial charge on any atom is -0.447 e. The first kappa shape index (κ1) is 28.5. The second-order valence-corrected chi connectivity index (χ2v) is 10.2. The molecule has 0 aliphatic carbocycles. The zero-order chi connectivity index (χ0) is 28.8. The third kappa shape index (κ3) is 7.20. The number of hydrogen-bond donors (Lipinski definition) is 1. The summed E-state index contributed by atoms with van der Waals surface area (Å²) in [6.07, 6.45) is -6.18. The lowest BCUT2D eigenvalue weighted by Crippen LogP contribution is -2.41. The van der Waals surface area contributed by atoms with E-state index in [0.717, 1.165) is 29.5 Å². The molecule has 5 nitrogen and oxygen atoms in total. The maximum Gasteiger partial charge on any atom is 0.490 e. The monoisotopic (exact) mass is 561 g/mol. The summed E-state index contributed by atoms with van der Waals surface area (Å²) in [6.45, 7) is 2.00. The van der Waals surface area contributed by atoms with E-state index in [-0.39, 0.29) is 24.0 Å². The van der Waals surface area contributed by atoms with Gasteiger partial charge in [-0.15, -0.1) is 0 Å². The van der Waals surface area contributed by atoms with Crippen LogP contribution in [0.1, 0.15) is 39.4 Å². The fourth-order valence-electron chi connectivity index (χ4n) is 5.21. The molecular formula is C33H30F3NO4. The summed E-state index contributed by atoms with van der Waals surface area (Å²) in [6, 6.07) is 29.7. The summed E-state index contributed by atoms with van der Waals surface area (Å²) in [5.41, 5.74) is 2.88. The van der Waals surface area contributed by atoms with E-state index < -0.39 is 24.0 Å². The van der Waals surface area contributed by atoms with Gasteiger partial charge in [-0.25, -0.2) is 4.79 Å². The number of hydrogen-bond acceptors (Lipinski definition) is 5. The number of benzene rings is 4. The van der Waals surface area contributed by atoms with Gasteiger partial charge in [-0.2, -0.15) is 13.2 Å². The van der Waals surface area contributed by atoms with Gasteiger partial charge >= 0.3 is 12.1 Å². The predicted octanol–water partition coefficient (Wildman–Crippen LogP) is 6.40. The maximum absolute atomic E-state index is 13.0. The van der Waals surface area contributed by atoms with E-state index >= 15 is 0 Å². The van der Waals surface area contributed by atoms with Crippen LogP contribution in [0.5, 0.6) is 0 Å². The highest BCUT2D eigenvalue weighted by atomic mass is 19.4. The molecule has 41 heavy (non-hydrogen) atoms. The minimum atomic E-state index is -5.20. The van der Waals surface area contributed by atoms with Gasteiger partial charge in [0.1, 0.15) is 0 Å². The third-order valence-electron chi connectivity index (χ3n) is 7.36. The van der Waals surface area contributed by atoms with Crippen molar-refractivity contribution in [3.8, 4) is 0 Å². The first-order valence-electron chi connectivity index (χ1n) is 13.5. The Labute approximate surface area is 236 Å². The smallest absolute Gasteiger partial charge is 0.447 e. The standard InChI is InChI=1S/C33H30F3NO4/c34-33(35,36)32(39)41-29(31(38)26-7-2-1-3-8-26)19-22-10-14-25(15-11-22)28-16-17-37-20-30(28)40-21-23-12-13-24-6-4-5-9-27(24)18-23/h1-15,18,28-30,37H,16-17,19-21H2. The number of Topliss-reactive ketones (excluding diaryl/α,β-unsaturated/α-hetero) is 1. The van der Waals surface area contributed by atoms with Gasteiger partial charge in [-0.1, -0.05) is 91.0 Å². The van der Waals surface area contributed by atoms with Crippen LogP contribution in [-0.2, 0) is 27.3 Å². The number of carbonyl (C=O) groups excluding carboxylic acids is 2. The number of rotatable bonds is 9. The Bertz CT molecular complexity index is 1490. The Morgan fingerprint density at radius 1 is 0.854 bits per heavy atom. The number of ketones is 1. The quantitative estimate of drug-likeness (QED) is 0.189. The van der Waals surface area contributed by atoms with Crippen molar-refractivity contribution in [3.63, 3.8) is 0 Å². The number of halogens is 3. The Balaban J connectivity index is 1.28. The van der Waals surface area contributed by atoms with Crippen molar-refractivity contribution >= 4 is 22.5 Å². The summed E-state index contributed by atoms with van der Waals surface area (Å²) in [7, 11) is 0. The van der Waals surface area contributed by atoms with Gasteiger partial charge in [-0.05, 0) is 46.5 Å². The highest BCUT2D eigenvalue weighted by molar-refractivity contribution is 6.00. The number of piperidine rings is 1. The summed E-state index contributed by atoms with van der Waals surface area (Å²) in [5.74, 6) is -2.95. The molecule has 0 amide bonds. The van der Waals surface area contributed by atoms with Crippen LogP contribution in [-0.4, -0.2) is 43.2 Å². The molecule has 1 fully saturated rings. The number of alkyl halides is 3. The summed E-state index contributed by atoms with van der Waals surface area (Å²) < 4.78 is 49.9. The zero-order valence-corrected chi connectivity index (χ0v) is 22.3. The number of esters is 1. The summed E-state index contributed by atoms with van der Waals surface area (Å²) >= 11 is 0. The van der Waals surface area contributed by atoms with Crippen LogP contribution >= 0.6 is 0 Å². The van der Waals surface area contributed by atoms with E-state index in [1.165, 1.54) is 17.5 Å². The van der Waals surface area contributed by atoms with Gasteiger partial charge in [0.15, 0.2) is 6.10 Å². The van der Waals surface area contributed by atoms with Crippen LogP contribution in [0, 0.1) is 0 Å². The molecule has 1 N–H and O–H groups in total. The van der Waals surface area contributed by atoms with E-state index in [1.54, 1.807) is 30.3 Å². The molecule has 8 heteroatoms. The highest BCUT2D eigenvalue weighted by Gasteiger charge is 2.43. The van der Waals surface area contributed by atoms with Crippen LogP contribution < -0.4 is 5.32 Å². The van der Waals surface area contributed by atoms with Crippen LogP contribution in [0.2, 0.25) is 0 Å². The van der Waals surface area contributed by atoms with Gasteiger partial charge in [0, 0.05) is 24.4 Å². The van der Waals surface area contributed by atoms with Crippen LogP contribution in [0.3, 0.4) is 0 Å². The molecule has 1 aliphatic heterocycles. The van der Waals surface area contributed by atoms with E-state index in [4.69, 9.17) is 4.74 Å². The fraction of sp³-hybridized carbons (Fsp3) is 0.273. The lowest BCUT2D eigenvalue weighted by Gasteiger charge is -2.32. The fourth-order valence-corrected chi connectivity index (χ4v) is 5.21. The average Bonchev–Trinajstić information content (AvgIpc) is 2.99. The van der Waals surface area contributed by atoms with Crippen molar-refractivity contribution in [3.05, 3.63) is 119 Å². The molecule has 4 aromatic carbocycles. The normalized spacial score (nSPS) is 18.1. The molecule has 1 saturated heterocycles. The maximum atomic E-state index is 13.0. The van der Waals surface area contributed by atoms with Crippen LogP contribution in [0.25, 0.3) is 10.8 Å². The summed E-state index contributed by atoms with van der Waals surface area (Å²) in [4.78, 5) is 24.6. The molecule has 0 spiro atoms. The van der Waals surface area contributed by atoms with E-state index in [2.05, 4.69) is 40.4 Å². The Morgan fingerprint density at radius 3 is 2.27 bits per heavy atom. The van der Waals surface area contributed by atoms with Crippen molar-refractivity contribution in [1.82, 2.24) is 5.32 Å². The van der Waals surface area contributed by atoms with Gasteiger partial charge in [0.2, 0.25) is 5.78 Å². The lowest BCUT2D eigenvalue weighted by atomic mass is 9.87. The van der Waals surface area contributed by atoms with Crippen molar-refractivity contribution in [2.24, 2.45) is 0 Å².